The van der Waals surface area contributed by atoms with Crippen LogP contribution in [-0.4, -0.2) is 107 Å². The van der Waals surface area contributed by atoms with Crippen LogP contribution in [0.2, 0.25) is 0 Å². The third-order valence-electron chi connectivity index (χ3n) is 7.44. The fraction of sp³-hybridized carbons (Fsp3) is 0.769. The first-order chi connectivity index (χ1) is 17.4. The quantitative estimate of drug-likeness (QED) is 0.287. The summed E-state index contributed by atoms with van der Waals surface area (Å²) in [6.07, 6.45) is -1.67. The molecule has 3 aliphatic rings. The Morgan fingerprint density at radius 1 is 1.03 bits per heavy atom. The fourth-order valence-corrected chi connectivity index (χ4v) is 4.57. The second kappa shape index (κ2) is 12.4. The van der Waals surface area contributed by atoms with E-state index in [1.54, 1.807) is 26.8 Å². The molecular weight excluding hydrogens is 488 g/mol. The molecule has 2 fully saturated rings. The minimum Gasteiger partial charge on any atom is -0.459 e. The predicted molar refractivity (Wildman–Crippen MR) is 129 cm³/mol. The number of hydrogen-bond donors (Lipinski definition) is 4. The molecule has 0 amide bonds. The summed E-state index contributed by atoms with van der Waals surface area (Å²) in [5.74, 6) is -2.00. The normalized spacial score (nSPS) is 45.8. The van der Waals surface area contributed by atoms with Gasteiger partial charge < -0.3 is 44.1 Å². The number of rotatable bonds is 4. The molecule has 0 aromatic heterocycles. The summed E-state index contributed by atoms with van der Waals surface area (Å²) in [7, 11) is 1.37. The highest BCUT2D eigenvalue weighted by molar-refractivity contribution is 5.96. The highest BCUT2D eigenvalue weighted by Crippen LogP contribution is 2.35. The van der Waals surface area contributed by atoms with E-state index in [-0.39, 0.29) is 19.4 Å². The molecule has 3 rings (SSSR count). The van der Waals surface area contributed by atoms with Crippen molar-refractivity contribution in [2.24, 2.45) is 11.8 Å². The van der Waals surface area contributed by atoms with Crippen molar-refractivity contribution in [3.05, 3.63) is 24.3 Å². The van der Waals surface area contributed by atoms with Crippen LogP contribution in [0.5, 0.6) is 0 Å². The standard InChI is InChI=1S/C26H40O11/c1-13-6-9-20(29)35-14(2)16(12-34-25-24(33-5)22(31)21(30)15(3)36-25)23-18(37-23)7-8-19(28)26(4,32)11-10-17(13)27/h6-9,13-18,21-25,27,30-32H,10-12H2,1-5H3. The number of cyclic esters (lactones) is 1. The van der Waals surface area contributed by atoms with Crippen LogP contribution in [0.15, 0.2) is 24.3 Å². The van der Waals surface area contributed by atoms with Gasteiger partial charge in [0.1, 0.15) is 36.1 Å². The number of hydrogen-bond acceptors (Lipinski definition) is 11. The number of ether oxygens (including phenoxy) is 5. The zero-order valence-corrected chi connectivity index (χ0v) is 21.9. The third-order valence-corrected chi connectivity index (χ3v) is 7.44. The van der Waals surface area contributed by atoms with Gasteiger partial charge in [0.2, 0.25) is 0 Å². The van der Waals surface area contributed by atoms with Crippen molar-refractivity contribution in [3.63, 3.8) is 0 Å². The minimum atomic E-state index is -1.66. The lowest BCUT2D eigenvalue weighted by atomic mass is 9.89. The van der Waals surface area contributed by atoms with Gasteiger partial charge in [-0.3, -0.25) is 4.79 Å². The van der Waals surface area contributed by atoms with E-state index >= 15 is 0 Å². The van der Waals surface area contributed by atoms with E-state index in [1.165, 1.54) is 32.3 Å². The van der Waals surface area contributed by atoms with Gasteiger partial charge in [-0.2, -0.15) is 0 Å². The molecule has 3 aliphatic heterocycles. The van der Waals surface area contributed by atoms with Crippen molar-refractivity contribution in [1.29, 1.82) is 0 Å². The summed E-state index contributed by atoms with van der Waals surface area (Å²) >= 11 is 0. The molecule has 12 atom stereocenters. The van der Waals surface area contributed by atoms with E-state index in [9.17, 15) is 30.0 Å². The van der Waals surface area contributed by atoms with Crippen molar-refractivity contribution in [1.82, 2.24) is 0 Å². The van der Waals surface area contributed by atoms with Gasteiger partial charge >= 0.3 is 5.97 Å². The maximum atomic E-state index is 12.6. The van der Waals surface area contributed by atoms with Crippen molar-refractivity contribution in [2.45, 2.75) is 101 Å². The van der Waals surface area contributed by atoms with Gasteiger partial charge in [0.15, 0.2) is 12.1 Å². The first-order valence-electron chi connectivity index (χ1n) is 12.7. The van der Waals surface area contributed by atoms with Gasteiger partial charge in [0.25, 0.3) is 0 Å². The molecule has 2 saturated heterocycles. The Kier molecular flexibility index (Phi) is 10.0. The molecule has 4 N–H and O–H groups in total. The van der Waals surface area contributed by atoms with E-state index in [1.807, 2.05) is 0 Å². The largest absolute Gasteiger partial charge is 0.459 e. The lowest BCUT2D eigenvalue weighted by Gasteiger charge is -2.41. The SMILES string of the molecule is COC1C(OCC2C(C)OC(=O)C=CC(C)C(O)CCC(C)(O)C(=O)C=CC3OC32)OC(C)C(O)C1O. The number of methoxy groups -OCH3 is 1. The van der Waals surface area contributed by atoms with Gasteiger partial charge in [-0.15, -0.1) is 0 Å². The maximum Gasteiger partial charge on any atom is 0.330 e. The lowest BCUT2D eigenvalue weighted by molar-refractivity contribution is -0.301. The van der Waals surface area contributed by atoms with Crippen LogP contribution >= 0.6 is 0 Å². The Balaban J connectivity index is 1.78. The van der Waals surface area contributed by atoms with Crippen molar-refractivity contribution in [2.75, 3.05) is 13.7 Å². The van der Waals surface area contributed by atoms with Gasteiger partial charge in [-0.1, -0.05) is 13.0 Å². The zero-order chi connectivity index (χ0) is 27.5. The molecule has 0 aromatic carbocycles. The lowest BCUT2D eigenvalue weighted by Crippen LogP contribution is -2.58. The average molecular weight is 529 g/mol. The molecule has 0 bridgehead atoms. The topological polar surface area (TPSA) is 165 Å². The van der Waals surface area contributed by atoms with Gasteiger partial charge in [-0.05, 0) is 45.8 Å². The number of ketones is 1. The molecule has 3 heterocycles. The molecule has 11 nitrogen and oxygen atoms in total. The smallest absolute Gasteiger partial charge is 0.330 e. The second-order valence-electron chi connectivity index (χ2n) is 10.4. The Labute approximate surface area is 217 Å². The Hall–Kier alpha value is -1.70. The first-order valence-corrected chi connectivity index (χ1v) is 12.7. The number of aliphatic hydroxyl groups excluding tert-OH is 3. The first kappa shape index (κ1) is 29.9. The summed E-state index contributed by atoms with van der Waals surface area (Å²) in [5.41, 5.74) is -1.66. The number of esters is 1. The number of carbonyl (C=O) groups excluding carboxylic acids is 2. The van der Waals surface area contributed by atoms with E-state index in [2.05, 4.69) is 0 Å². The number of carbonyl (C=O) groups is 2. The van der Waals surface area contributed by atoms with E-state index in [4.69, 9.17) is 23.7 Å². The number of fused-ring (bicyclic) bond motifs is 1. The van der Waals surface area contributed by atoms with Crippen LogP contribution in [-0.2, 0) is 33.3 Å². The van der Waals surface area contributed by atoms with Crippen LogP contribution < -0.4 is 0 Å². The minimum absolute atomic E-state index is 0.00594. The Morgan fingerprint density at radius 2 is 1.73 bits per heavy atom. The van der Waals surface area contributed by atoms with E-state index in [0.717, 1.165) is 0 Å². The average Bonchev–Trinajstić information content (AvgIpc) is 3.61. The van der Waals surface area contributed by atoms with Crippen LogP contribution in [0.3, 0.4) is 0 Å². The van der Waals surface area contributed by atoms with Gasteiger partial charge in [0, 0.05) is 25.0 Å². The summed E-state index contributed by atoms with van der Waals surface area (Å²) in [6.45, 7) is 6.41. The van der Waals surface area contributed by atoms with Gasteiger partial charge in [0.05, 0.1) is 24.9 Å². The zero-order valence-electron chi connectivity index (χ0n) is 21.9. The summed E-state index contributed by atoms with van der Waals surface area (Å²) < 4.78 is 28.3. The molecule has 0 aromatic rings. The highest BCUT2D eigenvalue weighted by atomic mass is 16.7. The van der Waals surface area contributed by atoms with E-state index < -0.39 is 84.3 Å². The van der Waals surface area contributed by atoms with E-state index in [0.29, 0.717) is 0 Å². The molecule has 12 unspecified atom stereocenters. The Morgan fingerprint density at radius 3 is 2.41 bits per heavy atom. The third kappa shape index (κ3) is 7.45. The molecule has 0 radical (unpaired) electrons. The fourth-order valence-electron chi connectivity index (χ4n) is 4.57. The van der Waals surface area contributed by atoms with Crippen LogP contribution in [0.1, 0.15) is 40.5 Å². The molecular formula is C26H40O11. The van der Waals surface area contributed by atoms with Crippen LogP contribution in [0, 0.1) is 11.8 Å². The van der Waals surface area contributed by atoms with Crippen molar-refractivity contribution in [3.8, 4) is 0 Å². The molecule has 0 saturated carbocycles. The summed E-state index contributed by atoms with van der Waals surface area (Å²) in [5, 5.41) is 41.4. The monoisotopic (exact) mass is 528 g/mol. The summed E-state index contributed by atoms with van der Waals surface area (Å²) in [4.78, 5) is 25.1. The van der Waals surface area contributed by atoms with Crippen LogP contribution in [0.25, 0.3) is 0 Å². The molecule has 37 heavy (non-hydrogen) atoms. The van der Waals surface area contributed by atoms with Crippen LogP contribution in [0.4, 0.5) is 0 Å². The van der Waals surface area contributed by atoms with Crippen molar-refractivity contribution < 1.29 is 53.7 Å². The number of epoxide rings is 1. The molecule has 0 spiro atoms. The van der Waals surface area contributed by atoms with Crippen molar-refractivity contribution >= 4 is 11.8 Å². The number of aliphatic hydroxyl groups is 4. The molecule has 0 aliphatic carbocycles. The summed E-state index contributed by atoms with van der Waals surface area (Å²) in [6, 6.07) is 0. The van der Waals surface area contributed by atoms with Gasteiger partial charge in [-0.25, -0.2) is 4.79 Å². The highest BCUT2D eigenvalue weighted by Gasteiger charge is 2.49. The Bertz CT molecular complexity index is 855. The predicted octanol–water partition coefficient (Wildman–Crippen LogP) is 0.0232. The second-order valence-corrected chi connectivity index (χ2v) is 10.4. The molecule has 11 heteroatoms. The maximum absolute atomic E-state index is 12.6. The molecule has 210 valence electrons.